The number of rotatable bonds is 2. The van der Waals surface area contributed by atoms with Gasteiger partial charge in [0.15, 0.2) is 0 Å². The Bertz CT molecular complexity index is 471. The third-order valence-electron chi connectivity index (χ3n) is 2.67. The topological polar surface area (TPSA) is 75.4 Å². The van der Waals surface area contributed by atoms with E-state index in [4.69, 9.17) is 5.11 Å². The lowest BCUT2D eigenvalue weighted by Crippen LogP contribution is -2.41. The number of amides is 1. The molecule has 1 N–H and O–H groups in total. The highest BCUT2D eigenvalue weighted by Gasteiger charge is 2.35. The fraction of sp³-hybridized carbons (Fsp3) is 0.500. The van der Waals surface area contributed by atoms with Crippen LogP contribution in [0.2, 0.25) is 0 Å². The number of carbonyl (C=O) groups is 2. The van der Waals surface area contributed by atoms with Gasteiger partial charge in [0.25, 0.3) is 5.91 Å². The van der Waals surface area contributed by atoms with Gasteiger partial charge in [0, 0.05) is 19.0 Å². The predicted octanol–water partition coefficient (Wildman–Crippen LogP) is 0.328. The van der Waals surface area contributed by atoms with Gasteiger partial charge in [-0.3, -0.25) is 9.48 Å². The number of carboxylic acids is 1. The molecule has 2 rings (SSSR count). The minimum absolute atomic E-state index is 0.256. The number of hydrogen-bond donors (Lipinski definition) is 1. The first-order valence-corrected chi connectivity index (χ1v) is 6.28. The molecule has 17 heavy (non-hydrogen) atoms. The summed E-state index contributed by atoms with van der Waals surface area (Å²) < 4.78 is 1.56. The number of hydrogen-bond acceptors (Lipinski definition) is 4. The number of aryl methyl sites for hydroxylation is 2. The fourth-order valence-corrected chi connectivity index (χ4v) is 2.96. The Morgan fingerprint density at radius 1 is 1.59 bits per heavy atom. The second-order valence-electron chi connectivity index (χ2n) is 3.93. The quantitative estimate of drug-likeness (QED) is 0.824. The van der Waals surface area contributed by atoms with Crippen LogP contribution in [-0.2, 0) is 11.8 Å². The number of aliphatic carboxylic acids is 1. The average molecular weight is 255 g/mol. The molecule has 6 nitrogen and oxygen atoms in total. The summed E-state index contributed by atoms with van der Waals surface area (Å²) in [6, 6.07) is -0.730. The lowest BCUT2D eigenvalue weighted by molar-refractivity contribution is -0.140. The lowest BCUT2D eigenvalue weighted by atomic mass is 10.2. The predicted molar refractivity (Wildman–Crippen MR) is 62.9 cm³/mol. The Morgan fingerprint density at radius 2 is 2.29 bits per heavy atom. The zero-order valence-corrected chi connectivity index (χ0v) is 10.4. The van der Waals surface area contributed by atoms with Gasteiger partial charge in [-0.15, -0.1) is 11.8 Å². The maximum absolute atomic E-state index is 12.2. The van der Waals surface area contributed by atoms with E-state index in [-0.39, 0.29) is 5.91 Å². The van der Waals surface area contributed by atoms with E-state index in [0.717, 1.165) is 0 Å². The van der Waals surface area contributed by atoms with Crippen molar-refractivity contribution in [3.05, 3.63) is 17.5 Å². The second kappa shape index (κ2) is 4.40. The number of carboxylic acid groups (broad SMARTS) is 1. The van der Waals surface area contributed by atoms with Crippen LogP contribution < -0.4 is 0 Å². The number of carbonyl (C=O) groups excluding carboxylic acids is 1. The van der Waals surface area contributed by atoms with Crippen molar-refractivity contribution in [2.24, 2.45) is 7.05 Å². The van der Waals surface area contributed by atoms with Gasteiger partial charge in [-0.2, -0.15) is 5.10 Å². The molecular formula is C10H13N3O3S. The molecular weight excluding hydrogens is 242 g/mol. The summed E-state index contributed by atoms with van der Waals surface area (Å²) in [6.45, 7) is 1.74. The van der Waals surface area contributed by atoms with E-state index < -0.39 is 12.0 Å². The van der Waals surface area contributed by atoms with E-state index in [0.29, 0.717) is 22.9 Å². The lowest BCUT2D eigenvalue weighted by Gasteiger charge is -2.19. The highest BCUT2D eigenvalue weighted by Crippen LogP contribution is 2.23. The maximum atomic E-state index is 12.2. The van der Waals surface area contributed by atoms with Crippen molar-refractivity contribution >= 4 is 23.6 Å². The Balaban J connectivity index is 2.25. The highest BCUT2D eigenvalue weighted by molar-refractivity contribution is 7.99. The van der Waals surface area contributed by atoms with Crippen LogP contribution in [0, 0.1) is 6.92 Å². The van der Waals surface area contributed by atoms with Crippen LogP contribution >= 0.6 is 11.8 Å². The monoisotopic (exact) mass is 255 g/mol. The Hall–Kier alpha value is -1.50. The van der Waals surface area contributed by atoms with Crippen molar-refractivity contribution in [1.82, 2.24) is 14.7 Å². The smallest absolute Gasteiger partial charge is 0.327 e. The third-order valence-corrected chi connectivity index (χ3v) is 3.68. The van der Waals surface area contributed by atoms with Crippen LogP contribution in [0.3, 0.4) is 0 Å². The molecule has 2 heterocycles. The summed E-state index contributed by atoms with van der Waals surface area (Å²) >= 11 is 1.45. The van der Waals surface area contributed by atoms with Gasteiger partial charge >= 0.3 is 5.97 Å². The molecule has 1 saturated heterocycles. The van der Waals surface area contributed by atoms with Gasteiger partial charge in [-0.05, 0) is 6.92 Å². The van der Waals surface area contributed by atoms with E-state index >= 15 is 0 Å². The van der Waals surface area contributed by atoms with Gasteiger partial charge in [-0.25, -0.2) is 4.79 Å². The van der Waals surface area contributed by atoms with Crippen LogP contribution in [-0.4, -0.2) is 49.3 Å². The molecule has 0 saturated carbocycles. The fourth-order valence-electron chi connectivity index (χ4n) is 1.81. The summed E-state index contributed by atoms with van der Waals surface area (Å²) in [5, 5.41) is 13.1. The van der Waals surface area contributed by atoms with Crippen molar-refractivity contribution in [2.45, 2.75) is 13.0 Å². The number of thioether (sulfide) groups is 1. The summed E-state index contributed by atoms with van der Waals surface area (Å²) in [7, 11) is 1.73. The Labute approximate surface area is 103 Å². The van der Waals surface area contributed by atoms with Crippen LogP contribution in [0.25, 0.3) is 0 Å². The molecule has 1 amide bonds. The summed E-state index contributed by atoms with van der Waals surface area (Å²) in [4.78, 5) is 24.6. The molecule has 0 bridgehead atoms. The highest BCUT2D eigenvalue weighted by atomic mass is 32.2. The minimum atomic E-state index is -0.954. The normalized spacial score (nSPS) is 19.6. The van der Waals surface area contributed by atoms with Crippen LogP contribution in [0.1, 0.15) is 16.1 Å². The third kappa shape index (κ3) is 2.14. The van der Waals surface area contributed by atoms with E-state index in [1.165, 1.54) is 16.7 Å². The van der Waals surface area contributed by atoms with Gasteiger partial charge in [0.1, 0.15) is 6.04 Å². The van der Waals surface area contributed by atoms with Crippen molar-refractivity contribution in [3.8, 4) is 0 Å². The molecule has 92 valence electrons. The Morgan fingerprint density at radius 3 is 2.82 bits per heavy atom. The molecule has 0 aliphatic carbocycles. The largest absolute Gasteiger partial charge is 0.480 e. The molecule has 1 fully saturated rings. The molecule has 1 atom stereocenters. The molecule has 0 unspecified atom stereocenters. The number of nitrogens with zero attached hydrogens (tertiary/aromatic N) is 3. The molecule has 0 spiro atoms. The molecule has 1 aromatic heterocycles. The zero-order valence-electron chi connectivity index (χ0n) is 9.58. The first kappa shape index (κ1) is 12.0. The SMILES string of the molecule is Cc1nn(C)cc1C(=O)N1CSC[C@H]1C(=O)O. The molecule has 1 aromatic rings. The molecule has 1 aliphatic rings. The average Bonchev–Trinajstić information content (AvgIpc) is 2.83. The van der Waals surface area contributed by atoms with Crippen LogP contribution in [0.5, 0.6) is 0 Å². The van der Waals surface area contributed by atoms with Gasteiger partial charge < -0.3 is 10.0 Å². The molecule has 0 aromatic carbocycles. The van der Waals surface area contributed by atoms with Gasteiger partial charge in [-0.1, -0.05) is 0 Å². The van der Waals surface area contributed by atoms with Crippen molar-refractivity contribution < 1.29 is 14.7 Å². The molecule has 1 aliphatic heterocycles. The molecule has 7 heteroatoms. The van der Waals surface area contributed by atoms with Crippen LogP contribution in [0.15, 0.2) is 6.20 Å². The zero-order chi connectivity index (χ0) is 12.6. The van der Waals surface area contributed by atoms with E-state index in [9.17, 15) is 9.59 Å². The minimum Gasteiger partial charge on any atom is -0.480 e. The van der Waals surface area contributed by atoms with E-state index in [2.05, 4.69) is 5.10 Å². The van der Waals surface area contributed by atoms with E-state index in [1.807, 2.05) is 0 Å². The summed E-state index contributed by atoms with van der Waals surface area (Å²) in [5.41, 5.74) is 1.10. The number of aromatic nitrogens is 2. The Kier molecular flexibility index (Phi) is 3.10. The van der Waals surface area contributed by atoms with Gasteiger partial charge in [0.05, 0.1) is 17.1 Å². The van der Waals surface area contributed by atoms with Crippen molar-refractivity contribution in [1.29, 1.82) is 0 Å². The van der Waals surface area contributed by atoms with Crippen molar-refractivity contribution in [2.75, 3.05) is 11.6 Å². The summed E-state index contributed by atoms with van der Waals surface area (Å²) in [5.74, 6) is -0.345. The van der Waals surface area contributed by atoms with E-state index in [1.54, 1.807) is 24.9 Å². The van der Waals surface area contributed by atoms with Crippen molar-refractivity contribution in [3.63, 3.8) is 0 Å². The molecule has 0 radical (unpaired) electrons. The first-order valence-electron chi connectivity index (χ1n) is 5.12. The standard InChI is InChI=1S/C10H13N3O3S/c1-6-7(3-12(2)11-6)9(14)13-5-17-4-8(13)10(15)16/h3,8H,4-5H2,1-2H3,(H,15,16)/t8-/m0/s1. The second-order valence-corrected chi connectivity index (χ2v) is 4.93. The summed E-state index contributed by atoms with van der Waals surface area (Å²) in [6.07, 6.45) is 1.62. The van der Waals surface area contributed by atoms with Crippen LogP contribution in [0.4, 0.5) is 0 Å². The maximum Gasteiger partial charge on any atom is 0.327 e. The first-order chi connectivity index (χ1) is 8.00. The van der Waals surface area contributed by atoms with Gasteiger partial charge in [0.2, 0.25) is 0 Å².